The van der Waals surface area contributed by atoms with E-state index in [0.717, 1.165) is 27.9 Å². The van der Waals surface area contributed by atoms with Crippen LogP contribution < -0.4 is 10.2 Å². The maximum absolute atomic E-state index is 12.8. The molecule has 1 aliphatic heterocycles. The number of hydrogen-bond acceptors (Lipinski definition) is 6. The van der Waals surface area contributed by atoms with Gasteiger partial charge in [0.15, 0.2) is 4.32 Å². The average molecular weight is 487 g/mol. The van der Waals surface area contributed by atoms with E-state index in [1.807, 2.05) is 48.5 Å². The van der Waals surface area contributed by atoms with E-state index in [4.69, 9.17) is 28.6 Å². The topological polar surface area (TPSA) is 58.6 Å². The summed E-state index contributed by atoms with van der Waals surface area (Å²) in [5.74, 6) is -0.128. The lowest BCUT2D eigenvalue weighted by Gasteiger charge is -2.14. The Morgan fingerprint density at radius 3 is 2.65 bits per heavy atom. The van der Waals surface area contributed by atoms with E-state index in [-0.39, 0.29) is 16.1 Å². The quantitative estimate of drug-likeness (QED) is 0.367. The van der Waals surface area contributed by atoms with Crippen molar-refractivity contribution in [3.05, 3.63) is 92.0 Å². The molecule has 1 aromatic heterocycles. The third-order valence-corrected chi connectivity index (χ3v) is 6.69. The first-order valence-electron chi connectivity index (χ1n) is 9.10. The Morgan fingerprint density at radius 2 is 1.90 bits per heavy atom. The second kappa shape index (κ2) is 9.65. The number of para-hydroxylation sites is 1. The smallest absolute Gasteiger partial charge is 0.285 e. The minimum Gasteiger partial charge on any atom is -0.488 e. The molecular weight excluding hydrogens is 472 g/mol. The van der Waals surface area contributed by atoms with Gasteiger partial charge in [-0.15, -0.1) is 11.3 Å². The van der Waals surface area contributed by atoms with Crippen LogP contribution >= 0.6 is 46.9 Å². The molecule has 1 fully saturated rings. The number of hydrazine groups is 1. The molecule has 1 aliphatic rings. The summed E-state index contributed by atoms with van der Waals surface area (Å²) in [5, 5.41) is 3.56. The molecule has 4 rings (SSSR count). The molecule has 0 saturated carbocycles. The predicted octanol–water partition coefficient (Wildman–Crippen LogP) is 5.53. The lowest BCUT2D eigenvalue weighted by molar-refractivity contribution is -0.123. The van der Waals surface area contributed by atoms with E-state index in [0.29, 0.717) is 27.2 Å². The van der Waals surface area contributed by atoms with Crippen LogP contribution in [0.5, 0.6) is 5.75 Å². The normalized spacial score (nSPS) is 14.9. The lowest BCUT2D eigenvalue weighted by Crippen LogP contribution is -2.44. The standard InChI is InChI=1S/C22H15ClN2O3S3/c23-16-9-7-14(8-10-16)13-28-17-5-2-1-4-15(17)12-19-21(27)25(22(29)31-19)24-20(26)18-6-3-11-30-18/h1-12H,13H2,(H,24,26)/b19-12+. The molecule has 31 heavy (non-hydrogen) atoms. The van der Waals surface area contributed by atoms with Crippen LogP contribution in [0, 0.1) is 0 Å². The van der Waals surface area contributed by atoms with Crippen LogP contribution in [0.2, 0.25) is 5.02 Å². The first kappa shape index (κ1) is 21.6. The minimum atomic E-state index is -0.382. The zero-order valence-electron chi connectivity index (χ0n) is 15.9. The van der Waals surface area contributed by atoms with Crippen LogP contribution in [0.3, 0.4) is 0 Å². The van der Waals surface area contributed by atoms with Gasteiger partial charge in [-0.25, -0.2) is 0 Å². The molecule has 0 aliphatic carbocycles. The van der Waals surface area contributed by atoms with Gasteiger partial charge in [-0.2, -0.15) is 5.01 Å². The highest BCUT2D eigenvalue weighted by molar-refractivity contribution is 8.26. The molecule has 1 N–H and O–H groups in total. The third kappa shape index (κ3) is 5.16. The number of ether oxygens (including phenoxy) is 1. The summed E-state index contributed by atoms with van der Waals surface area (Å²) in [6, 6.07) is 18.3. The Balaban J connectivity index is 1.49. The van der Waals surface area contributed by atoms with E-state index in [2.05, 4.69) is 5.43 Å². The van der Waals surface area contributed by atoms with Crippen molar-refractivity contribution in [1.82, 2.24) is 10.4 Å². The monoisotopic (exact) mass is 486 g/mol. The summed E-state index contributed by atoms with van der Waals surface area (Å²) in [6.07, 6.45) is 1.72. The minimum absolute atomic E-state index is 0.265. The molecule has 9 heteroatoms. The molecule has 0 spiro atoms. The Kier molecular flexibility index (Phi) is 6.72. The van der Waals surface area contributed by atoms with Gasteiger partial charge in [0.1, 0.15) is 12.4 Å². The van der Waals surface area contributed by atoms with Crippen molar-refractivity contribution in [2.45, 2.75) is 6.61 Å². The molecule has 2 heterocycles. The fourth-order valence-electron chi connectivity index (χ4n) is 2.74. The highest BCUT2D eigenvalue weighted by Gasteiger charge is 2.34. The second-order valence-electron chi connectivity index (χ2n) is 6.39. The zero-order valence-corrected chi connectivity index (χ0v) is 19.1. The number of halogens is 1. The average Bonchev–Trinajstić information content (AvgIpc) is 3.39. The first-order valence-corrected chi connectivity index (χ1v) is 11.6. The van der Waals surface area contributed by atoms with E-state index in [9.17, 15) is 9.59 Å². The lowest BCUT2D eigenvalue weighted by atomic mass is 10.2. The van der Waals surface area contributed by atoms with E-state index < -0.39 is 0 Å². The van der Waals surface area contributed by atoms with Gasteiger partial charge in [-0.05, 0) is 53.5 Å². The number of thiophene rings is 1. The largest absolute Gasteiger partial charge is 0.488 e. The summed E-state index contributed by atoms with van der Waals surface area (Å²) >= 11 is 13.6. The summed E-state index contributed by atoms with van der Waals surface area (Å²) in [6.45, 7) is 0.361. The number of carbonyl (C=O) groups excluding carboxylic acids is 2. The Labute approximate surface area is 197 Å². The van der Waals surface area contributed by atoms with Crippen LogP contribution in [0.1, 0.15) is 20.8 Å². The Bertz CT molecular complexity index is 1160. The van der Waals surface area contributed by atoms with E-state index in [1.54, 1.807) is 23.6 Å². The fraction of sp³-hybridized carbons (Fsp3) is 0.0455. The van der Waals surface area contributed by atoms with Crippen molar-refractivity contribution in [3.8, 4) is 5.75 Å². The molecule has 156 valence electrons. The van der Waals surface area contributed by atoms with Crippen LogP contribution in [-0.2, 0) is 11.4 Å². The van der Waals surface area contributed by atoms with Crippen LogP contribution in [0.15, 0.2) is 70.9 Å². The summed E-state index contributed by atoms with van der Waals surface area (Å²) in [7, 11) is 0. The summed E-state index contributed by atoms with van der Waals surface area (Å²) in [4.78, 5) is 26.0. The van der Waals surface area contributed by atoms with Gasteiger partial charge in [-0.3, -0.25) is 15.0 Å². The van der Waals surface area contributed by atoms with Crippen molar-refractivity contribution >= 4 is 69.1 Å². The van der Waals surface area contributed by atoms with Crippen molar-refractivity contribution in [3.63, 3.8) is 0 Å². The fourth-order valence-corrected chi connectivity index (χ4v) is 4.65. The number of nitrogens with zero attached hydrogens (tertiary/aromatic N) is 1. The molecule has 0 unspecified atom stereocenters. The van der Waals surface area contributed by atoms with Gasteiger partial charge in [0.25, 0.3) is 11.8 Å². The highest BCUT2D eigenvalue weighted by Crippen LogP contribution is 2.33. The van der Waals surface area contributed by atoms with Gasteiger partial charge in [-0.1, -0.05) is 59.8 Å². The van der Waals surface area contributed by atoms with Crippen molar-refractivity contribution in [2.24, 2.45) is 0 Å². The Morgan fingerprint density at radius 1 is 1.13 bits per heavy atom. The molecule has 1 saturated heterocycles. The molecule has 5 nitrogen and oxygen atoms in total. The first-order chi connectivity index (χ1) is 15.0. The predicted molar refractivity (Wildman–Crippen MR) is 129 cm³/mol. The van der Waals surface area contributed by atoms with Crippen molar-refractivity contribution in [1.29, 1.82) is 0 Å². The van der Waals surface area contributed by atoms with Crippen LogP contribution in [0.25, 0.3) is 6.08 Å². The number of thiocarbonyl (C=S) groups is 1. The van der Waals surface area contributed by atoms with Gasteiger partial charge < -0.3 is 4.74 Å². The highest BCUT2D eigenvalue weighted by atomic mass is 35.5. The molecule has 0 bridgehead atoms. The third-order valence-electron chi connectivity index (χ3n) is 4.27. The SMILES string of the molecule is O=C(NN1C(=O)/C(=C\c2ccccc2OCc2ccc(Cl)cc2)SC1=S)c1cccs1. The second-order valence-corrected chi connectivity index (χ2v) is 9.45. The number of amides is 2. The number of carbonyl (C=O) groups is 2. The van der Waals surface area contributed by atoms with Crippen molar-refractivity contribution in [2.75, 3.05) is 0 Å². The maximum atomic E-state index is 12.8. The van der Waals surface area contributed by atoms with Gasteiger partial charge in [0, 0.05) is 10.6 Å². The number of rotatable bonds is 6. The maximum Gasteiger partial charge on any atom is 0.285 e. The number of nitrogens with one attached hydrogen (secondary N) is 1. The Hall–Kier alpha value is -2.65. The molecule has 2 amide bonds. The van der Waals surface area contributed by atoms with Crippen LogP contribution in [-0.4, -0.2) is 21.1 Å². The van der Waals surface area contributed by atoms with Crippen molar-refractivity contribution < 1.29 is 14.3 Å². The van der Waals surface area contributed by atoms with Gasteiger partial charge in [0.2, 0.25) is 0 Å². The summed E-state index contributed by atoms with van der Waals surface area (Å²) < 4.78 is 6.22. The molecular formula is C22H15ClN2O3S3. The molecule has 0 radical (unpaired) electrons. The van der Waals surface area contributed by atoms with Gasteiger partial charge in [0.05, 0.1) is 9.78 Å². The summed E-state index contributed by atoms with van der Waals surface area (Å²) in [5.41, 5.74) is 4.28. The van der Waals surface area contributed by atoms with Gasteiger partial charge >= 0.3 is 0 Å². The van der Waals surface area contributed by atoms with Crippen LogP contribution in [0.4, 0.5) is 0 Å². The molecule has 3 aromatic rings. The number of hydrogen-bond donors (Lipinski definition) is 1. The molecule has 2 aromatic carbocycles. The molecule has 0 atom stereocenters. The zero-order chi connectivity index (χ0) is 21.8. The number of thioether (sulfide) groups is 1. The van der Waals surface area contributed by atoms with E-state index >= 15 is 0 Å². The number of benzene rings is 2. The van der Waals surface area contributed by atoms with E-state index in [1.165, 1.54) is 11.3 Å².